The van der Waals surface area contributed by atoms with Crippen molar-refractivity contribution < 1.29 is 14.8 Å². The third-order valence-corrected chi connectivity index (χ3v) is 3.50. The minimum absolute atomic E-state index is 0.00675. The topological polar surface area (TPSA) is 80.4 Å². The maximum atomic E-state index is 10.7. The predicted molar refractivity (Wildman–Crippen MR) is 54.1 cm³/mol. The molecule has 1 N–H and O–H groups in total. The number of nitro benzene ring substituents is 1. The van der Waals surface area contributed by atoms with Gasteiger partial charge < -0.3 is 5.11 Å². The van der Waals surface area contributed by atoms with Crippen molar-refractivity contribution in [2.24, 2.45) is 0 Å². The van der Waals surface area contributed by atoms with Gasteiger partial charge in [-0.15, -0.1) is 11.8 Å². The lowest BCUT2D eigenvalue weighted by Crippen LogP contribution is -2.14. The first-order chi connectivity index (χ1) is 7.08. The number of benzene rings is 1. The second-order valence-corrected chi connectivity index (χ2v) is 4.44. The highest BCUT2D eigenvalue weighted by atomic mass is 32.2. The minimum Gasteiger partial charge on any atom is -0.480 e. The molecule has 78 valence electrons. The van der Waals surface area contributed by atoms with E-state index < -0.39 is 16.1 Å². The smallest absolute Gasteiger partial charge is 0.317 e. The maximum Gasteiger partial charge on any atom is 0.317 e. The number of carbonyl (C=O) groups is 1. The van der Waals surface area contributed by atoms with E-state index in [2.05, 4.69) is 0 Å². The van der Waals surface area contributed by atoms with Crippen molar-refractivity contribution in [1.29, 1.82) is 0 Å². The van der Waals surface area contributed by atoms with E-state index in [9.17, 15) is 14.9 Å². The first-order valence-corrected chi connectivity index (χ1v) is 5.12. The third-order valence-electron chi connectivity index (χ3n) is 2.21. The number of carboxylic acid groups (broad SMARTS) is 1. The van der Waals surface area contributed by atoms with Crippen molar-refractivity contribution in [3.63, 3.8) is 0 Å². The summed E-state index contributed by atoms with van der Waals surface area (Å²) < 4.78 is 0. The Morgan fingerprint density at radius 1 is 1.60 bits per heavy atom. The summed E-state index contributed by atoms with van der Waals surface area (Å²) in [5.74, 6) is -0.876. The molecule has 0 aliphatic carbocycles. The number of non-ortho nitro benzene ring substituents is 1. The fourth-order valence-electron chi connectivity index (χ4n) is 1.47. The van der Waals surface area contributed by atoms with Gasteiger partial charge in [-0.2, -0.15) is 0 Å². The Kier molecular flexibility index (Phi) is 2.36. The van der Waals surface area contributed by atoms with Gasteiger partial charge in [0.2, 0.25) is 0 Å². The molecule has 0 fully saturated rings. The molecule has 2 rings (SSSR count). The molecule has 0 saturated heterocycles. The van der Waals surface area contributed by atoms with Gasteiger partial charge in [0.1, 0.15) is 5.25 Å². The van der Waals surface area contributed by atoms with E-state index in [1.807, 2.05) is 0 Å². The van der Waals surface area contributed by atoms with Gasteiger partial charge >= 0.3 is 5.97 Å². The highest BCUT2D eigenvalue weighted by Crippen LogP contribution is 2.38. The molecule has 0 saturated carbocycles. The Morgan fingerprint density at radius 2 is 2.33 bits per heavy atom. The lowest BCUT2D eigenvalue weighted by atomic mass is 10.1. The number of rotatable bonds is 2. The number of nitrogens with zero attached hydrogens (tertiary/aromatic N) is 1. The molecule has 0 radical (unpaired) electrons. The highest BCUT2D eigenvalue weighted by Gasteiger charge is 2.29. The summed E-state index contributed by atoms with van der Waals surface area (Å²) in [6.45, 7) is 0. The molecule has 1 heterocycles. The molecule has 1 aromatic carbocycles. The van der Waals surface area contributed by atoms with Crippen LogP contribution in [0, 0.1) is 10.1 Å². The Bertz CT molecular complexity index is 446. The first kappa shape index (κ1) is 9.97. The third kappa shape index (κ3) is 1.80. The second-order valence-electron chi connectivity index (χ2n) is 3.20. The Morgan fingerprint density at radius 3 is 2.93 bits per heavy atom. The monoisotopic (exact) mass is 225 g/mol. The minimum atomic E-state index is -0.876. The van der Waals surface area contributed by atoms with E-state index in [-0.39, 0.29) is 5.69 Å². The summed E-state index contributed by atoms with van der Waals surface area (Å²) >= 11 is 1.17. The molecule has 0 amide bonds. The standard InChI is InChI=1S/C9H7NO4S/c11-9(12)8-3-5-1-2-6(10(13)14)4-7(5)15-8/h1-2,4,8H,3H2,(H,11,12). The molecule has 1 aromatic rings. The normalized spacial score (nSPS) is 18.5. The summed E-state index contributed by atoms with van der Waals surface area (Å²) in [6, 6.07) is 4.47. The predicted octanol–water partition coefficient (Wildman–Crippen LogP) is 1.70. The lowest BCUT2D eigenvalue weighted by Gasteiger charge is -1.98. The molecule has 15 heavy (non-hydrogen) atoms. The molecule has 1 aliphatic heterocycles. The van der Waals surface area contributed by atoms with Gasteiger partial charge in [-0.3, -0.25) is 14.9 Å². The molecule has 0 spiro atoms. The van der Waals surface area contributed by atoms with Gasteiger partial charge in [0.05, 0.1) is 4.92 Å². The van der Waals surface area contributed by atoms with Crippen LogP contribution in [0.4, 0.5) is 5.69 Å². The number of thioether (sulfide) groups is 1. The molecule has 0 bridgehead atoms. The van der Waals surface area contributed by atoms with Crippen molar-refractivity contribution >= 4 is 23.4 Å². The van der Waals surface area contributed by atoms with Gasteiger partial charge in [-0.25, -0.2) is 0 Å². The molecule has 0 aromatic heterocycles. The van der Waals surface area contributed by atoms with Crippen molar-refractivity contribution in [2.45, 2.75) is 16.6 Å². The van der Waals surface area contributed by atoms with E-state index in [1.165, 1.54) is 23.9 Å². The van der Waals surface area contributed by atoms with E-state index >= 15 is 0 Å². The number of hydrogen-bond donors (Lipinski definition) is 1. The number of hydrogen-bond acceptors (Lipinski definition) is 4. The summed E-state index contributed by atoms with van der Waals surface area (Å²) in [5, 5.41) is 18.8. The fourth-order valence-corrected chi connectivity index (χ4v) is 2.63. The molecule has 6 heteroatoms. The second kappa shape index (κ2) is 3.54. The molecule has 1 unspecified atom stereocenters. The molecule has 1 aliphatic rings. The van der Waals surface area contributed by atoms with Crippen LogP contribution >= 0.6 is 11.8 Å². The Labute approximate surface area is 89.3 Å². The van der Waals surface area contributed by atoms with Crippen molar-refractivity contribution in [1.82, 2.24) is 0 Å². The molecular formula is C9H7NO4S. The van der Waals surface area contributed by atoms with E-state index in [1.54, 1.807) is 6.07 Å². The highest BCUT2D eigenvalue weighted by molar-refractivity contribution is 8.01. The lowest BCUT2D eigenvalue weighted by molar-refractivity contribution is -0.385. The van der Waals surface area contributed by atoms with Crippen LogP contribution in [0.5, 0.6) is 0 Å². The van der Waals surface area contributed by atoms with Gasteiger partial charge in [0, 0.05) is 17.0 Å². The summed E-state index contributed by atoms with van der Waals surface area (Å²) in [6.07, 6.45) is 0.438. The van der Waals surface area contributed by atoms with Gasteiger partial charge in [0.15, 0.2) is 0 Å². The SMILES string of the molecule is O=C(O)C1Cc2ccc([N+](=O)[O-])cc2S1. The molecule has 1 atom stereocenters. The van der Waals surface area contributed by atoms with Crippen molar-refractivity contribution in [3.05, 3.63) is 33.9 Å². The van der Waals surface area contributed by atoms with E-state index in [4.69, 9.17) is 5.11 Å². The average Bonchev–Trinajstić information content (AvgIpc) is 2.59. The molecule has 5 nitrogen and oxygen atoms in total. The van der Waals surface area contributed by atoms with Crippen LogP contribution in [0.2, 0.25) is 0 Å². The largest absolute Gasteiger partial charge is 0.480 e. The zero-order valence-electron chi connectivity index (χ0n) is 7.54. The van der Waals surface area contributed by atoms with Gasteiger partial charge in [-0.1, -0.05) is 6.07 Å². The van der Waals surface area contributed by atoms with E-state index in [0.717, 1.165) is 5.56 Å². The summed E-state index contributed by atoms with van der Waals surface area (Å²) in [7, 11) is 0. The van der Waals surface area contributed by atoms with Crippen LogP contribution in [-0.2, 0) is 11.2 Å². The first-order valence-electron chi connectivity index (χ1n) is 4.24. The zero-order chi connectivity index (χ0) is 11.0. The van der Waals surface area contributed by atoms with Crippen LogP contribution in [0.15, 0.2) is 23.1 Å². The average molecular weight is 225 g/mol. The summed E-state index contributed by atoms with van der Waals surface area (Å²) in [5.41, 5.74) is 0.880. The van der Waals surface area contributed by atoms with Crippen LogP contribution in [0.25, 0.3) is 0 Å². The van der Waals surface area contributed by atoms with Gasteiger partial charge in [0.25, 0.3) is 5.69 Å². The van der Waals surface area contributed by atoms with Crippen molar-refractivity contribution in [3.8, 4) is 0 Å². The van der Waals surface area contributed by atoms with Crippen LogP contribution in [0.3, 0.4) is 0 Å². The number of aliphatic carboxylic acids is 1. The fraction of sp³-hybridized carbons (Fsp3) is 0.222. The van der Waals surface area contributed by atoms with Crippen molar-refractivity contribution in [2.75, 3.05) is 0 Å². The number of nitro groups is 1. The van der Waals surface area contributed by atoms with Crippen LogP contribution in [-0.4, -0.2) is 21.2 Å². The zero-order valence-corrected chi connectivity index (χ0v) is 8.36. The van der Waals surface area contributed by atoms with Crippen LogP contribution in [0.1, 0.15) is 5.56 Å². The Hall–Kier alpha value is -1.56. The Balaban J connectivity index is 2.31. The quantitative estimate of drug-likeness (QED) is 0.612. The summed E-state index contributed by atoms with van der Waals surface area (Å²) in [4.78, 5) is 21.5. The maximum absolute atomic E-state index is 10.7. The number of carboxylic acids is 1. The molecular weight excluding hydrogens is 218 g/mol. The van der Waals surface area contributed by atoms with E-state index in [0.29, 0.717) is 11.3 Å². The van der Waals surface area contributed by atoms with Gasteiger partial charge in [-0.05, 0) is 12.0 Å². The number of fused-ring (bicyclic) bond motifs is 1. The van der Waals surface area contributed by atoms with Crippen LogP contribution < -0.4 is 0 Å².